The van der Waals surface area contributed by atoms with Crippen molar-refractivity contribution in [3.05, 3.63) is 18.1 Å². The normalized spacial score (nSPS) is 10.0. The summed E-state index contributed by atoms with van der Waals surface area (Å²) in [5, 5.41) is 5.62. The number of amides is 1. The maximum Gasteiger partial charge on any atom is 0.271 e. The quantitative estimate of drug-likeness (QED) is 0.683. The van der Waals surface area contributed by atoms with Gasteiger partial charge in [-0.25, -0.2) is 9.97 Å². The molecule has 0 fully saturated rings. The van der Waals surface area contributed by atoms with Crippen LogP contribution in [0, 0.1) is 0 Å². The molecule has 0 radical (unpaired) electrons. The first kappa shape index (κ1) is 13.4. The predicted molar refractivity (Wildman–Crippen MR) is 65.0 cm³/mol. The summed E-state index contributed by atoms with van der Waals surface area (Å²) in [4.78, 5) is 19.6. The van der Waals surface area contributed by atoms with Crippen LogP contribution in [0.2, 0.25) is 0 Å². The molecule has 1 amide bonds. The molecule has 0 aliphatic heterocycles. The molecule has 0 aromatic carbocycles. The van der Waals surface area contributed by atoms with Crippen molar-refractivity contribution in [1.82, 2.24) is 15.3 Å². The Bertz CT molecular complexity index is 340. The lowest BCUT2D eigenvalue weighted by molar-refractivity contribution is 0.0946. The van der Waals surface area contributed by atoms with E-state index < -0.39 is 0 Å². The number of nitrogens with zero attached hydrogens (tertiary/aromatic N) is 2. The highest BCUT2D eigenvalue weighted by molar-refractivity contribution is 5.91. The van der Waals surface area contributed by atoms with E-state index in [-0.39, 0.29) is 5.91 Å². The van der Waals surface area contributed by atoms with E-state index >= 15 is 0 Å². The van der Waals surface area contributed by atoms with Crippen molar-refractivity contribution in [1.29, 1.82) is 0 Å². The highest BCUT2D eigenvalue weighted by atomic mass is 16.5. The summed E-state index contributed by atoms with van der Waals surface area (Å²) in [5.74, 6) is 0.444. The lowest BCUT2D eigenvalue weighted by atomic mass is 10.3. The molecule has 1 rings (SSSR count). The second-order valence-corrected chi connectivity index (χ2v) is 3.49. The van der Waals surface area contributed by atoms with Crippen LogP contribution in [-0.4, -0.2) is 43.2 Å². The number of hydrogen-bond donors (Lipinski definition) is 2. The summed E-state index contributed by atoms with van der Waals surface area (Å²) in [6.07, 6.45) is 4.80. The van der Waals surface area contributed by atoms with Crippen LogP contribution in [0.4, 0.5) is 5.82 Å². The zero-order valence-electron chi connectivity index (χ0n) is 10.2. The van der Waals surface area contributed by atoms with Crippen LogP contribution in [0.1, 0.15) is 23.3 Å². The molecular formula is C11H18N4O2. The van der Waals surface area contributed by atoms with Crippen molar-refractivity contribution < 1.29 is 9.53 Å². The van der Waals surface area contributed by atoms with Gasteiger partial charge in [0.15, 0.2) is 0 Å². The molecule has 0 saturated heterocycles. The Hall–Kier alpha value is -1.69. The molecule has 1 aromatic heterocycles. The number of carbonyl (C=O) groups is 1. The topological polar surface area (TPSA) is 76.1 Å². The zero-order chi connectivity index (χ0) is 12.5. The van der Waals surface area contributed by atoms with Gasteiger partial charge in [-0.05, 0) is 12.8 Å². The van der Waals surface area contributed by atoms with Crippen LogP contribution in [0.5, 0.6) is 0 Å². The Morgan fingerprint density at radius 3 is 2.76 bits per heavy atom. The fraction of sp³-hybridized carbons (Fsp3) is 0.545. The van der Waals surface area contributed by atoms with Crippen molar-refractivity contribution in [2.45, 2.75) is 12.8 Å². The van der Waals surface area contributed by atoms with Crippen LogP contribution in [0.3, 0.4) is 0 Å². The number of methoxy groups -OCH3 is 1. The molecule has 94 valence electrons. The van der Waals surface area contributed by atoms with Gasteiger partial charge in [-0.1, -0.05) is 0 Å². The standard InChI is InChI=1S/C11H18N4O2/c1-12-10-8-14-9(7-15-10)11(16)13-5-3-4-6-17-2/h7-8H,3-6H2,1-2H3,(H,12,15)(H,13,16). The minimum Gasteiger partial charge on any atom is -0.385 e. The SMILES string of the molecule is CNc1cnc(C(=O)NCCCCOC)cn1. The van der Waals surface area contributed by atoms with Gasteiger partial charge in [-0.15, -0.1) is 0 Å². The average Bonchev–Trinajstić information content (AvgIpc) is 2.38. The van der Waals surface area contributed by atoms with Crippen LogP contribution in [0.15, 0.2) is 12.4 Å². The monoisotopic (exact) mass is 238 g/mol. The minimum absolute atomic E-state index is 0.197. The van der Waals surface area contributed by atoms with Gasteiger partial charge in [0.2, 0.25) is 0 Å². The van der Waals surface area contributed by atoms with Crippen molar-refractivity contribution in [2.75, 3.05) is 32.6 Å². The molecule has 1 aromatic rings. The fourth-order valence-electron chi connectivity index (χ4n) is 1.24. The molecule has 6 nitrogen and oxygen atoms in total. The number of anilines is 1. The molecule has 0 saturated carbocycles. The maximum absolute atomic E-state index is 11.6. The summed E-state index contributed by atoms with van der Waals surface area (Å²) in [7, 11) is 3.41. The summed E-state index contributed by atoms with van der Waals surface area (Å²) < 4.78 is 4.92. The Kier molecular flexibility index (Phi) is 5.95. The van der Waals surface area contributed by atoms with E-state index in [1.807, 2.05) is 0 Å². The highest BCUT2D eigenvalue weighted by Gasteiger charge is 2.06. The smallest absolute Gasteiger partial charge is 0.271 e. The number of ether oxygens (including phenoxy) is 1. The van der Waals surface area contributed by atoms with Gasteiger partial charge in [0.25, 0.3) is 5.91 Å². The van der Waals surface area contributed by atoms with E-state index in [0.29, 0.717) is 24.7 Å². The van der Waals surface area contributed by atoms with Gasteiger partial charge >= 0.3 is 0 Å². The third kappa shape index (κ3) is 4.78. The third-order valence-electron chi connectivity index (χ3n) is 2.20. The summed E-state index contributed by atoms with van der Waals surface area (Å²) >= 11 is 0. The van der Waals surface area contributed by atoms with Gasteiger partial charge in [0.05, 0.1) is 12.4 Å². The van der Waals surface area contributed by atoms with Crippen molar-refractivity contribution >= 4 is 11.7 Å². The van der Waals surface area contributed by atoms with Crippen molar-refractivity contribution in [3.8, 4) is 0 Å². The van der Waals surface area contributed by atoms with E-state index in [4.69, 9.17) is 4.74 Å². The van der Waals surface area contributed by atoms with Gasteiger partial charge in [-0.3, -0.25) is 4.79 Å². The molecule has 2 N–H and O–H groups in total. The van der Waals surface area contributed by atoms with Gasteiger partial charge in [0, 0.05) is 27.3 Å². The van der Waals surface area contributed by atoms with E-state index in [0.717, 1.165) is 12.8 Å². The van der Waals surface area contributed by atoms with E-state index in [1.165, 1.54) is 12.4 Å². The summed E-state index contributed by atoms with van der Waals surface area (Å²) in [6, 6.07) is 0. The second-order valence-electron chi connectivity index (χ2n) is 3.49. The first-order valence-electron chi connectivity index (χ1n) is 5.55. The molecule has 1 heterocycles. The molecule has 0 aliphatic rings. The van der Waals surface area contributed by atoms with E-state index in [1.54, 1.807) is 14.2 Å². The van der Waals surface area contributed by atoms with Crippen LogP contribution in [0.25, 0.3) is 0 Å². The Morgan fingerprint density at radius 2 is 2.18 bits per heavy atom. The van der Waals surface area contributed by atoms with Crippen LogP contribution in [-0.2, 0) is 4.74 Å². The average molecular weight is 238 g/mol. The first-order valence-corrected chi connectivity index (χ1v) is 5.55. The van der Waals surface area contributed by atoms with Crippen molar-refractivity contribution in [3.63, 3.8) is 0 Å². The van der Waals surface area contributed by atoms with Crippen LogP contribution < -0.4 is 10.6 Å². The number of aromatic nitrogens is 2. The van der Waals surface area contributed by atoms with E-state index in [2.05, 4.69) is 20.6 Å². The minimum atomic E-state index is -0.197. The molecule has 6 heteroatoms. The molecule has 0 unspecified atom stereocenters. The number of nitrogens with one attached hydrogen (secondary N) is 2. The lowest BCUT2D eigenvalue weighted by Crippen LogP contribution is -2.25. The number of unbranched alkanes of at least 4 members (excludes halogenated alkanes) is 1. The van der Waals surface area contributed by atoms with E-state index in [9.17, 15) is 4.79 Å². The Labute approximate surface area is 101 Å². The maximum atomic E-state index is 11.6. The largest absolute Gasteiger partial charge is 0.385 e. The lowest BCUT2D eigenvalue weighted by Gasteiger charge is -2.04. The highest BCUT2D eigenvalue weighted by Crippen LogP contribution is 1.99. The number of hydrogen-bond acceptors (Lipinski definition) is 5. The Morgan fingerprint density at radius 1 is 1.35 bits per heavy atom. The Balaban J connectivity index is 2.31. The summed E-state index contributed by atoms with van der Waals surface area (Å²) in [5.41, 5.74) is 0.329. The molecule has 0 bridgehead atoms. The zero-order valence-corrected chi connectivity index (χ0v) is 10.2. The van der Waals surface area contributed by atoms with Gasteiger partial charge in [-0.2, -0.15) is 0 Å². The van der Waals surface area contributed by atoms with Gasteiger partial charge in [0.1, 0.15) is 11.5 Å². The molecule has 0 aliphatic carbocycles. The molecule has 0 spiro atoms. The third-order valence-corrected chi connectivity index (χ3v) is 2.20. The predicted octanol–water partition coefficient (Wildman–Crippen LogP) is 0.675. The van der Waals surface area contributed by atoms with Crippen LogP contribution >= 0.6 is 0 Å². The number of rotatable bonds is 7. The second kappa shape index (κ2) is 7.56. The molecule has 17 heavy (non-hydrogen) atoms. The fourth-order valence-corrected chi connectivity index (χ4v) is 1.24. The molecule has 0 atom stereocenters. The number of carbonyl (C=O) groups excluding carboxylic acids is 1. The summed E-state index contributed by atoms with van der Waals surface area (Å²) in [6.45, 7) is 1.34. The molecular weight excluding hydrogens is 220 g/mol. The van der Waals surface area contributed by atoms with Crippen molar-refractivity contribution in [2.24, 2.45) is 0 Å². The first-order chi connectivity index (χ1) is 8.27. The van der Waals surface area contributed by atoms with Gasteiger partial charge < -0.3 is 15.4 Å².